The minimum absolute atomic E-state index is 0.0470. The van der Waals surface area contributed by atoms with Gasteiger partial charge in [0.05, 0.1) is 40.6 Å². The molecule has 4 amide bonds. The fourth-order valence-corrected chi connectivity index (χ4v) is 6.43. The van der Waals surface area contributed by atoms with Crippen LogP contribution in [0.3, 0.4) is 0 Å². The number of aromatic hydroxyl groups is 1. The fourth-order valence-electron chi connectivity index (χ4n) is 6.43. The Labute approximate surface area is 359 Å². The number of benzene rings is 3. The van der Waals surface area contributed by atoms with Crippen LogP contribution in [0.2, 0.25) is 0 Å². The monoisotopic (exact) mass is 851 g/mol. The van der Waals surface area contributed by atoms with Gasteiger partial charge in [0.1, 0.15) is 41.0 Å². The van der Waals surface area contributed by atoms with Crippen LogP contribution in [0.4, 0.5) is 4.79 Å². The molecule has 3 aromatic rings. The Hall–Kier alpha value is -5.74. The van der Waals surface area contributed by atoms with Crippen molar-refractivity contribution in [3.8, 4) is 28.7 Å². The van der Waals surface area contributed by atoms with E-state index in [0.717, 1.165) is 5.56 Å². The molecule has 0 spiro atoms. The molecule has 0 aliphatic rings. The van der Waals surface area contributed by atoms with Crippen molar-refractivity contribution in [1.82, 2.24) is 26.6 Å². The van der Waals surface area contributed by atoms with E-state index in [1.807, 2.05) is 30.3 Å². The van der Waals surface area contributed by atoms with Crippen molar-refractivity contribution >= 4 is 23.8 Å². The number of methoxy groups -OCH3 is 4. The highest BCUT2D eigenvalue weighted by Crippen LogP contribution is 2.35. The molecule has 5 atom stereocenters. The number of carbonyl (C=O) groups excluding carboxylic acids is 4. The number of phenols is 1. The van der Waals surface area contributed by atoms with Crippen LogP contribution in [-0.4, -0.2) is 98.3 Å². The van der Waals surface area contributed by atoms with Crippen molar-refractivity contribution in [2.24, 2.45) is 11.3 Å². The number of hydrogen-bond donors (Lipinski definition) is 7. The molecular formula is C45H65N5O11. The molecule has 7 N–H and O–H groups in total. The molecule has 0 radical (unpaired) electrons. The lowest BCUT2D eigenvalue weighted by Gasteiger charge is -2.35. The maximum absolute atomic E-state index is 14.6. The van der Waals surface area contributed by atoms with Gasteiger partial charge in [0, 0.05) is 36.3 Å². The molecule has 61 heavy (non-hydrogen) atoms. The highest BCUT2D eigenvalue weighted by atomic mass is 16.6. The predicted molar refractivity (Wildman–Crippen MR) is 231 cm³/mol. The maximum Gasteiger partial charge on any atom is 0.408 e. The quantitative estimate of drug-likeness (QED) is 0.0845. The smallest absolute Gasteiger partial charge is 0.408 e. The Morgan fingerprint density at radius 3 is 1.84 bits per heavy atom. The van der Waals surface area contributed by atoms with Crippen molar-refractivity contribution in [2.75, 3.05) is 28.4 Å². The standard InChI is InChI=1S/C45H65N5O11/c1-26(2)36(40(53)47-24-28-18-19-30(57-9)22-32(28)51)49-41(54)37(46-25-29-21-34(59-11)35(60-12)23-33(29)58-10)38(52)31(20-27-16-14-13-15-17-27)48-42(55)39(44(3,4)5)50-43(56)61-45(6,7)8/h13-19,21-23,26,31,36-39,46,51-52H,20,24-25H2,1-12H3,(H,47,53)(H,48,55)(H,49,54)(H,50,56)/t31-,36-,37+,38+,39+/m0/s1. The van der Waals surface area contributed by atoms with Crippen molar-refractivity contribution < 1.29 is 53.1 Å². The van der Waals surface area contributed by atoms with Crippen LogP contribution in [-0.2, 0) is 38.6 Å². The first-order valence-electron chi connectivity index (χ1n) is 20.1. The number of ether oxygens (including phenoxy) is 5. The topological polar surface area (TPSA) is 215 Å². The SMILES string of the molecule is COc1ccc(CNC(=O)[C@@H](NC(=O)[C@H](NCc2cc(OC)c(OC)cc2OC)[C@H](O)[C@H](Cc2ccccc2)NC(=O)[C@@H](NC(=O)OC(C)(C)C)C(C)(C)C)C(C)C)c(O)c1. The Kier molecular flexibility index (Phi) is 18.1. The number of amides is 4. The lowest BCUT2D eigenvalue weighted by molar-refractivity contribution is -0.134. The highest BCUT2D eigenvalue weighted by molar-refractivity contribution is 5.91. The minimum Gasteiger partial charge on any atom is -0.507 e. The molecule has 0 aliphatic heterocycles. The van der Waals surface area contributed by atoms with E-state index in [1.54, 1.807) is 79.7 Å². The van der Waals surface area contributed by atoms with Gasteiger partial charge >= 0.3 is 6.09 Å². The highest BCUT2D eigenvalue weighted by Gasteiger charge is 2.40. The molecule has 16 heteroatoms. The van der Waals surface area contributed by atoms with Crippen LogP contribution < -0.4 is 45.5 Å². The van der Waals surface area contributed by atoms with Gasteiger partial charge in [0.15, 0.2) is 11.5 Å². The normalized spacial score (nSPS) is 14.1. The average Bonchev–Trinajstić information content (AvgIpc) is 3.19. The lowest BCUT2D eigenvalue weighted by Crippen LogP contribution is -2.64. The van der Waals surface area contributed by atoms with E-state index in [1.165, 1.54) is 34.5 Å². The summed E-state index contributed by atoms with van der Waals surface area (Å²) in [5.74, 6) is -0.782. The summed E-state index contributed by atoms with van der Waals surface area (Å²) in [6.45, 7) is 13.9. The second-order valence-electron chi connectivity index (χ2n) is 17.1. The average molecular weight is 852 g/mol. The molecule has 3 rings (SSSR count). The van der Waals surface area contributed by atoms with Crippen molar-refractivity contribution in [3.63, 3.8) is 0 Å². The summed E-state index contributed by atoms with van der Waals surface area (Å²) >= 11 is 0. The summed E-state index contributed by atoms with van der Waals surface area (Å²) in [6, 6.07) is 12.3. The molecule has 0 saturated carbocycles. The molecule has 0 saturated heterocycles. The van der Waals surface area contributed by atoms with E-state index in [9.17, 15) is 29.4 Å². The van der Waals surface area contributed by atoms with E-state index in [4.69, 9.17) is 23.7 Å². The van der Waals surface area contributed by atoms with Gasteiger partial charge in [-0.05, 0) is 62.3 Å². The van der Waals surface area contributed by atoms with Gasteiger partial charge in [0.25, 0.3) is 0 Å². The van der Waals surface area contributed by atoms with Gasteiger partial charge in [-0.2, -0.15) is 0 Å². The molecular weight excluding hydrogens is 787 g/mol. The van der Waals surface area contributed by atoms with Crippen LogP contribution in [0.5, 0.6) is 28.7 Å². The summed E-state index contributed by atoms with van der Waals surface area (Å²) in [7, 11) is 5.92. The van der Waals surface area contributed by atoms with Crippen LogP contribution in [0.1, 0.15) is 72.1 Å². The summed E-state index contributed by atoms with van der Waals surface area (Å²) in [5, 5.41) is 37.3. The second-order valence-corrected chi connectivity index (χ2v) is 17.1. The van der Waals surface area contributed by atoms with Crippen molar-refractivity contribution in [2.45, 2.75) is 111 Å². The largest absolute Gasteiger partial charge is 0.507 e. The molecule has 3 aromatic carbocycles. The van der Waals surface area contributed by atoms with E-state index in [2.05, 4.69) is 26.6 Å². The van der Waals surface area contributed by atoms with Gasteiger partial charge in [-0.1, -0.05) is 65.0 Å². The lowest BCUT2D eigenvalue weighted by atomic mass is 9.85. The van der Waals surface area contributed by atoms with Gasteiger partial charge < -0.3 is 55.2 Å². The number of carbonyl (C=O) groups is 4. The molecule has 0 bridgehead atoms. The third-order valence-electron chi connectivity index (χ3n) is 9.74. The van der Waals surface area contributed by atoms with Gasteiger partial charge in [-0.3, -0.25) is 19.7 Å². The van der Waals surface area contributed by atoms with Crippen LogP contribution in [0, 0.1) is 11.3 Å². The van der Waals surface area contributed by atoms with Crippen LogP contribution in [0.15, 0.2) is 60.7 Å². The first kappa shape index (κ1) is 49.6. The first-order valence-corrected chi connectivity index (χ1v) is 20.1. The van der Waals surface area contributed by atoms with E-state index < -0.39 is 71.0 Å². The Morgan fingerprint density at radius 1 is 0.672 bits per heavy atom. The zero-order valence-corrected chi connectivity index (χ0v) is 37.4. The Morgan fingerprint density at radius 2 is 1.30 bits per heavy atom. The molecule has 0 fully saturated rings. The number of aliphatic hydroxyl groups is 1. The minimum atomic E-state index is -1.63. The number of alkyl carbamates (subject to hydrolysis) is 1. The van der Waals surface area contributed by atoms with Crippen LogP contribution >= 0.6 is 0 Å². The zero-order chi connectivity index (χ0) is 45.7. The molecule has 0 aromatic heterocycles. The Bertz CT molecular complexity index is 1930. The van der Waals surface area contributed by atoms with Crippen molar-refractivity contribution in [1.29, 1.82) is 0 Å². The number of hydrogen-bond acceptors (Lipinski definition) is 12. The maximum atomic E-state index is 14.6. The second kappa shape index (κ2) is 22.2. The van der Waals surface area contributed by atoms with E-state index in [-0.39, 0.29) is 25.3 Å². The predicted octanol–water partition coefficient (Wildman–Crippen LogP) is 4.37. The van der Waals surface area contributed by atoms with Gasteiger partial charge in [0.2, 0.25) is 17.7 Å². The van der Waals surface area contributed by atoms with E-state index in [0.29, 0.717) is 34.1 Å². The fraction of sp³-hybridized carbons (Fsp3) is 0.511. The number of phenolic OH excluding ortho intramolecular Hbond substituents is 1. The Balaban J connectivity index is 2.06. The number of rotatable bonds is 20. The van der Waals surface area contributed by atoms with E-state index >= 15 is 0 Å². The van der Waals surface area contributed by atoms with Crippen LogP contribution in [0.25, 0.3) is 0 Å². The first-order chi connectivity index (χ1) is 28.6. The number of nitrogens with one attached hydrogen (secondary N) is 5. The molecule has 0 unspecified atom stereocenters. The third-order valence-corrected chi connectivity index (χ3v) is 9.74. The summed E-state index contributed by atoms with van der Waals surface area (Å²) < 4.78 is 27.2. The molecule has 0 heterocycles. The molecule has 336 valence electrons. The van der Waals surface area contributed by atoms with Gasteiger partial charge in [-0.25, -0.2) is 4.79 Å². The number of aliphatic hydroxyl groups excluding tert-OH is 1. The summed E-state index contributed by atoms with van der Waals surface area (Å²) in [5.41, 5.74) is 0.0563. The third kappa shape index (κ3) is 14.7. The summed E-state index contributed by atoms with van der Waals surface area (Å²) in [6.07, 6.45) is -2.36. The van der Waals surface area contributed by atoms with Crippen molar-refractivity contribution in [3.05, 3.63) is 77.4 Å². The van der Waals surface area contributed by atoms with Gasteiger partial charge in [-0.15, -0.1) is 0 Å². The molecule has 0 aliphatic carbocycles. The zero-order valence-electron chi connectivity index (χ0n) is 37.4. The molecule has 16 nitrogen and oxygen atoms in total. The summed E-state index contributed by atoms with van der Waals surface area (Å²) in [4.78, 5) is 55.5.